The van der Waals surface area contributed by atoms with Crippen molar-refractivity contribution >= 4 is 21.5 Å². The fourth-order valence-corrected chi connectivity index (χ4v) is 2.84. The van der Waals surface area contributed by atoms with Crippen molar-refractivity contribution < 1.29 is 9.50 Å². The predicted octanol–water partition coefficient (Wildman–Crippen LogP) is 5.58. The highest BCUT2D eigenvalue weighted by atomic mass is 79.9. The summed E-state index contributed by atoms with van der Waals surface area (Å²) < 4.78 is 14.9. The highest BCUT2D eigenvalue weighted by Crippen LogP contribution is 2.23. The Balaban J connectivity index is 3.04. The van der Waals surface area contributed by atoms with Gasteiger partial charge in [0.05, 0.1) is 0 Å². The average Bonchev–Trinajstić information content (AvgIpc) is 2.45. The smallest absolute Gasteiger partial charge is 0.131 e. The standard InChI is InChI=1S/C19H27BrFNO/c1-5-16(8-9-23)13-22(11-14(2)3)12-15(4)18-7-6-17(20)10-19(18)21/h6-7,10-12,16,23H,5,8-9,13H2,1-4H3/b15-12+. The van der Waals surface area contributed by atoms with E-state index in [0.29, 0.717) is 11.5 Å². The van der Waals surface area contributed by atoms with Crippen LogP contribution in [-0.4, -0.2) is 23.2 Å². The number of benzene rings is 1. The first-order chi connectivity index (χ1) is 10.9. The summed E-state index contributed by atoms with van der Waals surface area (Å²) in [6.45, 7) is 9.16. The van der Waals surface area contributed by atoms with Crippen molar-refractivity contribution in [3.05, 3.63) is 52.0 Å². The maximum Gasteiger partial charge on any atom is 0.131 e. The van der Waals surface area contributed by atoms with Gasteiger partial charge in [0.15, 0.2) is 0 Å². The van der Waals surface area contributed by atoms with Crippen molar-refractivity contribution in [2.24, 2.45) is 5.92 Å². The molecule has 0 aliphatic carbocycles. The summed E-state index contributed by atoms with van der Waals surface area (Å²) in [5.41, 5.74) is 2.67. The zero-order chi connectivity index (χ0) is 17.4. The molecule has 0 bridgehead atoms. The highest BCUT2D eigenvalue weighted by Gasteiger charge is 2.11. The molecule has 4 heteroatoms. The van der Waals surface area contributed by atoms with Gasteiger partial charge in [-0.3, -0.25) is 0 Å². The second-order valence-electron chi connectivity index (χ2n) is 6.13. The lowest BCUT2D eigenvalue weighted by Crippen LogP contribution is -2.21. The molecule has 128 valence electrons. The first-order valence-corrected chi connectivity index (χ1v) is 8.82. The van der Waals surface area contributed by atoms with Gasteiger partial charge < -0.3 is 10.0 Å². The number of allylic oxidation sites excluding steroid dienone is 2. The van der Waals surface area contributed by atoms with Crippen molar-refractivity contribution in [2.75, 3.05) is 13.2 Å². The Morgan fingerprint density at radius 3 is 2.52 bits per heavy atom. The van der Waals surface area contributed by atoms with Crippen molar-refractivity contribution in [2.45, 2.75) is 40.5 Å². The maximum absolute atomic E-state index is 14.1. The zero-order valence-electron chi connectivity index (χ0n) is 14.4. The molecular weight excluding hydrogens is 357 g/mol. The van der Waals surface area contributed by atoms with E-state index in [0.717, 1.165) is 29.4 Å². The van der Waals surface area contributed by atoms with E-state index in [2.05, 4.69) is 34.0 Å². The molecule has 0 spiro atoms. The summed E-state index contributed by atoms with van der Waals surface area (Å²) in [6, 6.07) is 5.12. The van der Waals surface area contributed by atoms with Crippen molar-refractivity contribution in [1.29, 1.82) is 0 Å². The minimum atomic E-state index is -0.229. The van der Waals surface area contributed by atoms with Gasteiger partial charge in [-0.05, 0) is 50.8 Å². The summed E-state index contributed by atoms with van der Waals surface area (Å²) in [7, 11) is 0. The molecule has 0 saturated heterocycles. The van der Waals surface area contributed by atoms with E-state index in [4.69, 9.17) is 0 Å². The second-order valence-corrected chi connectivity index (χ2v) is 7.04. The summed E-state index contributed by atoms with van der Waals surface area (Å²) in [6.07, 6.45) is 5.84. The van der Waals surface area contributed by atoms with Gasteiger partial charge in [-0.25, -0.2) is 4.39 Å². The SMILES string of the molecule is CCC(CCO)CN(C=C(C)C)/C=C(\C)c1ccc(Br)cc1F. The number of aliphatic hydroxyl groups is 1. The van der Waals surface area contributed by atoms with E-state index in [1.165, 1.54) is 11.6 Å². The van der Waals surface area contributed by atoms with Gasteiger partial charge in [0.25, 0.3) is 0 Å². The maximum atomic E-state index is 14.1. The van der Waals surface area contributed by atoms with Gasteiger partial charge in [-0.1, -0.05) is 40.9 Å². The van der Waals surface area contributed by atoms with E-state index in [9.17, 15) is 9.50 Å². The van der Waals surface area contributed by atoms with Crippen molar-refractivity contribution in [3.63, 3.8) is 0 Å². The van der Waals surface area contributed by atoms with Crippen molar-refractivity contribution in [3.8, 4) is 0 Å². The molecule has 0 aliphatic rings. The van der Waals surface area contributed by atoms with Crippen LogP contribution in [0.3, 0.4) is 0 Å². The third-order valence-electron chi connectivity index (χ3n) is 3.72. The lowest BCUT2D eigenvalue weighted by Gasteiger charge is -2.24. The van der Waals surface area contributed by atoms with E-state index >= 15 is 0 Å². The molecule has 1 aromatic rings. The molecule has 1 unspecified atom stereocenters. The van der Waals surface area contributed by atoms with Crippen LogP contribution in [0.1, 0.15) is 46.1 Å². The fraction of sp³-hybridized carbons (Fsp3) is 0.474. The Morgan fingerprint density at radius 2 is 2.00 bits per heavy atom. The molecule has 1 atom stereocenters. The van der Waals surface area contributed by atoms with Gasteiger partial charge in [0, 0.05) is 35.6 Å². The Hall–Kier alpha value is -1.13. The predicted molar refractivity (Wildman–Crippen MR) is 99.4 cm³/mol. The molecule has 0 aromatic heterocycles. The van der Waals surface area contributed by atoms with Crippen LogP contribution in [0.25, 0.3) is 5.57 Å². The van der Waals surface area contributed by atoms with Crippen molar-refractivity contribution in [1.82, 2.24) is 4.90 Å². The van der Waals surface area contributed by atoms with Crippen LogP contribution >= 0.6 is 15.9 Å². The summed E-state index contributed by atoms with van der Waals surface area (Å²) in [4.78, 5) is 2.11. The number of aliphatic hydroxyl groups excluding tert-OH is 1. The Morgan fingerprint density at radius 1 is 1.30 bits per heavy atom. The lowest BCUT2D eigenvalue weighted by atomic mass is 10.0. The number of halogens is 2. The summed E-state index contributed by atoms with van der Waals surface area (Å²) in [5.74, 6) is 0.182. The normalized spacial score (nSPS) is 12.9. The van der Waals surface area contributed by atoms with E-state index in [1.54, 1.807) is 6.07 Å². The van der Waals surface area contributed by atoms with Gasteiger partial charge in [0.2, 0.25) is 0 Å². The molecule has 0 fully saturated rings. The minimum Gasteiger partial charge on any atom is -0.396 e. The quantitative estimate of drug-likeness (QED) is 0.632. The van der Waals surface area contributed by atoms with E-state index < -0.39 is 0 Å². The van der Waals surface area contributed by atoms with Gasteiger partial charge >= 0.3 is 0 Å². The van der Waals surface area contributed by atoms with Crippen LogP contribution < -0.4 is 0 Å². The van der Waals surface area contributed by atoms with E-state index in [1.807, 2.05) is 33.0 Å². The Bertz CT molecular complexity index is 564. The van der Waals surface area contributed by atoms with Gasteiger partial charge in [-0.2, -0.15) is 0 Å². The topological polar surface area (TPSA) is 23.5 Å². The fourth-order valence-electron chi connectivity index (χ4n) is 2.51. The molecule has 0 amide bonds. The molecule has 0 radical (unpaired) electrons. The van der Waals surface area contributed by atoms with Crippen LogP contribution in [0.4, 0.5) is 4.39 Å². The van der Waals surface area contributed by atoms with Crippen LogP contribution in [0.15, 0.2) is 40.6 Å². The zero-order valence-corrected chi connectivity index (χ0v) is 16.0. The Kier molecular flexibility index (Phi) is 8.56. The number of hydrogen-bond donors (Lipinski definition) is 1. The molecule has 1 rings (SSSR count). The molecular formula is C19H27BrFNO. The largest absolute Gasteiger partial charge is 0.396 e. The third kappa shape index (κ3) is 6.88. The van der Waals surface area contributed by atoms with Crippen LogP contribution in [0.2, 0.25) is 0 Å². The van der Waals surface area contributed by atoms with Crippen LogP contribution in [0.5, 0.6) is 0 Å². The average molecular weight is 384 g/mol. The molecule has 2 nitrogen and oxygen atoms in total. The summed E-state index contributed by atoms with van der Waals surface area (Å²) in [5, 5.41) is 9.18. The first-order valence-electron chi connectivity index (χ1n) is 8.02. The molecule has 1 N–H and O–H groups in total. The van der Waals surface area contributed by atoms with Gasteiger partial charge in [0.1, 0.15) is 5.82 Å². The van der Waals surface area contributed by atoms with Crippen LogP contribution in [0, 0.1) is 11.7 Å². The molecule has 0 saturated carbocycles. The number of nitrogens with zero attached hydrogens (tertiary/aromatic N) is 1. The number of hydrogen-bond acceptors (Lipinski definition) is 2. The Labute approximate surface area is 147 Å². The second kappa shape index (κ2) is 9.89. The molecule has 0 aliphatic heterocycles. The molecule has 0 heterocycles. The monoisotopic (exact) mass is 383 g/mol. The first kappa shape index (κ1) is 19.9. The number of rotatable bonds is 8. The lowest BCUT2D eigenvalue weighted by molar-refractivity contribution is 0.238. The van der Waals surface area contributed by atoms with Crippen LogP contribution in [-0.2, 0) is 0 Å². The summed E-state index contributed by atoms with van der Waals surface area (Å²) >= 11 is 3.29. The highest BCUT2D eigenvalue weighted by molar-refractivity contribution is 9.10. The minimum absolute atomic E-state index is 0.200. The van der Waals surface area contributed by atoms with Gasteiger partial charge in [-0.15, -0.1) is 0 Å². The molecule has 1 aromatic carbocycles. The molecule has 23 heavy (non-hydrogen) atoms. The van der Waals surface area contributed by atoms with E-state index in [-0.39, 0.29) is 12.4 Å². The third-order valence-corrected chi connectivity index (χ3v) is 4.22.